The van der Waals surface area contributed by atoms with E-state index in [1.54, 1.807) is 12.1 Å². The van der Waals surface area contributed by atoms with Crippen LogP contribution in [0, 0.1) is 5.92 Å². The Kier molecular flexibility index (Phi) is 4.59. The molecule has 8 heteroatoms. The molecule has 2 aromatic rings. The average molecular weight is 383 g/mol. The van der Waals surface area contributed by atoms with Gasteiger partial charge < -0.3 is 0 Å². The first kappa shape index (κ1) is 17.6. The van der Waals surface area contributed by atoms with Crippen molar-refractivity contribution >= 4 is 34.6 Å². The molecule has 5 nitrogen and oxygen atoms in total. The van der Waals surface area contributed by atoms with Crippen molar-refractivity contribution in [3.05, 3.63) is 17.3 Å². The number of nitrogens with one attached hydrogen (secondary N) is 1. The van der Waals surface area contributed by atoms with Crippen LogP contribution >= 0.6 is 11.6 Å². The van der Waals surface area contributed by atoms with Crippen molar-refractivity contribution in [1.29, 1.82) is 0 Å². The van der Waals surface area contributed by atoms with Gasteiger partial charge in [-0.1, -0.05) is 11.6 Å². The average Bonchev–Trinajstić information content (AvgIpc) is 2.82. The molecule has 0 bridgehead atoms. The zero-order valence-electron chi connectivity index (χ0n) is 14.4. The molecule has 26 heavy (non-hydrogen) atoms. The molecule has 140 valence electrons. The number of hydrogen-bond donors (Lipinski definition) is 1. The SMILES string of the molecule is O=C(CC1CCCC(F)(F)C1)Nc1nc2ccc(Cl)nc2n1C1CCC1. The Hall–Kier alpha value is -1.76. The normalized spacial score (nSPS) is 23.0. The van der Waals surface area contributed by atoms with Gasteiger partial charge in [-0.05, 0) is 50.2 Å². The van der Waals surface area contributed by atoms with Crippen LogP contribution in [0.2, 0.25) is 5.15 Å². The Morgan fingerprint density at radius 3 is 2.77 bits per heavy atom. The molecule has 4 rings (SSSR count). The summed E-state index contributed by atoms with van der Waals surface area (Å²) in [4.78, 5) is 21.3. The number of imidazole rings is 1. The van der Waals surface area contributed by atoms with Gasteiger partial charge in [-0.2, -0.15) is 0 Å². The quantitative estimate of drug-likeness (QED) is 0.760. The fourth-order valence-corrected chi connectivity index (χ4v) is 4.06. The van der Waals surface area contributed by atoms with Crippen LogP contribution in [0.15, 0.2) is 12.1 Å². The summed E-state index contributed by atoms with van der Waals surface area (Å²) in [5.41, 5.74) is 1.32. The first-order valence-corrected chi connectivity index (χ1v) is 9.51. The summed E-state index contributed by atoms with van der Waals surface area (Å²) in [6.45, 7) is 0. The number of carbonyl (C=O) groups excluding carboxylic acids is 1. The predicted octanol–water partition coefficient (Wildman–Crippen LogP) is 4.96. The maximum atomic E-state index is 13.6. The van der Waals surface area contributed by atoms with Gasteiger partial charge in [-0.15, -0.1) is 0 Å². The van der Waals surface area contributed by atoms with Crippen molar-refractivity contribution in [2.75, 3.05) is 5.32 Å². The Morgan fingerprint density at radius 2 is 2.08 bits per heavy atom. The molecule has 0 saturated heterocycles. The van der Waals surface area contributed by atoms with E-state index in [4.69, 9.17) is 11.6 Å². The van der Waals surface area contributed by atoms with Gasteiger partial charge in [0, 0.05) is 25.3 Å². The van der Waals surface area contributed by atoms with Crippen LogP contribution in [0.5, 0.6) is 0 Å². The number of rotatable bonds is 4. The zero-order valence-corrected chi connectivity index (χ0v) is 15.1. The van der Waals surface area contributed by atoms with Crippen LogP contribution < -0.4 is 5.32 Å². The van der Waals surface area contributed by atoms with E-state index in [-0.39, 0.29) is 37.1 Å². The van der Waals surface area contributed by atoms with E-state index in [0.29, 0.717) is 35.1 Å². The van der Waals surface area contributed by atoms with Crippen molar-refractivity contribution in [2.45, 2.75) is 63.3 Å². The van der Waals surface area contributed by atoms with E-state index in [0.717, 1.165) is 19.3 Å². The van der Waals surface area contributed by atoms with Crippen molar-refractivity contribution in [3.8, 4) is 0 Å². The first-order valence-electron chi connectivity index (χ1n) is 9.13. The Morgan fingerprint density at radius 1 is 1.27 bits per heavy atom. The van der Waals surface area contributed by atoms with Crippen LogP contribution in [0.3, 0.4) is 0 Å². The minimum absolute atomic E-state index is 0.0744. The maximum Gasteiger partial charge on any atom is 0.248 e. The molecular formula is C18H21ClF2N4O. The molecule has 2 aliphatic rings. The van der Waals surface area contributed by atoms with E-state index in [1.165, 1.54) is 0 Å². The number of amides is 1. The molecule has 2 aliphatic carbocycles. The second-order valence-electron chi connectivity index (χ2n) is 7.44. The molecular weight excluding hydrogens is 362 g/mol. The number of hydrogen-bond acceptors (Lipinski definition) is 3. The lowest BCUT2D eigenvalue weighted by Crippen LogP contribution is -2.29. The minimum atomic E-state index is -2.65. The summed E-state index contributed by atoms with van der Waals surface area (Å²) in [6.07, 6.45) is 4.06. The van der Waals surface area contributed by atoms with Crippen molar-refractivity contribution in [1.82, 2.24) is 14.5 Å². The van der Waals surface area contributed by atoms with Gasteiger partial charge in [-0.3, -0.25) is 14.7 Å². The largest absolute Gasteiger partial charge is 0.296 e. The summed E-state index contributed by atoms with van der Waals surface area (Å²) < 4.78 is 29.1. The second kappa shape index (κ2) is 6.76. The smallest absolute Gasteiger partial charge is 0.248 e. The number of nitrogens with zero attached hydrogens (tertiary/aromatic N) is 3. The third kappa shape index (κ3) is 3.54. The van der Waals surface area contributed by atoms with E-state index in [9.17, 15) is 13.6 Å². The third-order valence-corrected chi connectivity index (χ3v) is 5.62. The van der Waals surface area contributed by atoms with Crippen LogP contribution in [0.4, 0.5) is 14.7 Å². The van der Waals surface area contributed by atoms with Gasteiger partial charge in [0.25, 0.3) is 0 Å². The lowest BCUT2D eigenvalue weighted by atomic mass is 9.84. The lowest BCUT2D eigenvalue weighted by Gasteiger charge is -2.29. The number of anilines is 1. The Labute approximate surface area is 155 Å². The monoisotopic (exact) mass is 382 g/mol. The van der Waals surface area contributed by atoms with Crippen LogP contribution in [0.25, 0.3) is 11.2 Å². The Bertz CT molecular complexity index is 834. The summed E-state index contributed by atoms with van der Waals surface area (Å²) in [6, 6.07) is 3.68. The first-order chi connectivity index (χ1) is 12.4. The van der Waals surface area contributed by atoms with Crippen molar-refractivity contribution in [3.63, 3.8) is 0 Å². The highest BCUT2D eigenvalue weighted by Crippen LogP contribution is 2.39. The fraction of sp³-hybridized carbons (Fsp3) is 0.611. The van der Waals surface area contributed by atoms with Gasteiger partial charge in [0.15, 0.2) is 5.65 Å². The Balaban J connectivity index is 1.54. The topological polar surface area (TPSA) is 59.8 Å². The standard InChI is InChI=1S/C18H21ClF2N4O/c19-14-7-6-13-16(23-14)25(12-4-1-5-12)17(22-13)24-15(26)9-11-3-2-8-18(20,21)10-11/h6-7,11-12H,1-5,8-10H2,(H,22,24,26). The molecule has 1 unspecified atom stereocenters. The van der Waals surface area contributed by atoms with Gasteiger partial charge in [0.05, 0.1) is 0 Å². The van der Waals surface area contributed by atoms with Gasteiger partial charge in [-0.25, -0.2) is 18.7 Å². The van der Waals surface area contributed by atoms with Gasteiger partial charge in [0.1, 0.15) is 10.7 Å². The molecule has 0 radical (unpaired) electrons. The van der Waals surface area contributed by atoms with E-state index in [2.05, 4.69) is 15.3 Å². The second-order valence-corrected chi connectivity index (χ2v) is 7.82. The molecule has 2 fully saturated rings. The number of carbonyl (C=O) groups is 1. The molecule has 0 aromatic carbocycles. The zero-order chi connectivity index (χ0) is 18.3. The number of halogens is 3. The van der Waals surface area contributed by atoms with E-state index < -0.39 is 5.92 Å². The highest BCUT2D eigenvalue weighted by molar-refractivity contribution is 6.29. The molecule has 1 amide bonds. The molecule has 2 heterocycles. The van der Waals surface area contributed by atoms with Gasteiger partial charge in [0.2, 0.25) is 17.8 Å². The lowest BCUT2D eigenvalue weighted by molar-refractivity contribution is -0.118. The summed E-state index contributed by atoms with van der Waals surface area (Å²) in [5.74, 6) is -2.77. The summed E-state index contributed by atoms with van der Waals surface area (Å²) >= 11 is 6.02. The van der Waals surface area contributed by atoms with Crippen LogP contribution in [-0.4, -0.2) is 26.4 Å². The number of pyridine rings is 1. The number of aromatic nitrogens is 3. The van der Waals surface area contributed by atoms with Crippen LogP contribution in [0.1, 0.15) is 57.4 Å². The third-order valence-electron chi connectivity index (χ3n) is 5.41. The molecule has 0 spiro atoms. The molecule has 2 aromatic heterocycles. The van der Waals surface area contributed by atoms with Gasteiger partial charge >= 0.3 is 0 Å². The highest BCUT2D eigenvalue weighted by atomic mass is 35.5. The predicted molar refractivity (Wildman–Crippen MR) is 95.6 cm³/mol. The van der Waals surface area contributed by atoms with Crippen molar-refractivity contribution in [2.24, 2.45) is 5.92 Å². The maximum absolute atomic E-state index is 13.6. The minimum Gasteiger partial charge on any atom is -0.296 e. The highest BCUT2D eigenvalue weighted by Gasteiger charge is 2.37. The molecule has 1 atom stereocenters. The number of fused-ring (bicyclic) bond motifs is 1. The molecule has 2 saturated carbocycles. The summed E-state index contributed by atoms with van der Waals surface area (Å²) in [5, 5.41) is 3.20. The fourth-order valence-electron chi connectivity index (χ4n) is 3.92. The van der Waals surface area contributed by atoms with E-state index >= 15 is 0 Å². The van der Waals surface area contributed by atoms with Crippen LogP contribution in [-0.2, 0) is 4.79 Å². The molecule has 1 N–H and O–H groups in total. The molecule has 0 aliphatic heterocycles. The number of alkyl halides is 2. The van der Waals surface area contributed by atoms with Crippen molar-refractivity contribution < 1.29 is 13.6 Å². The van der Waals surface area contributed by atoms with E-state index in [1.807, 2.05) is 4.57 Å². The summed E-state index contributed by atoms with van der Waals surface area (Å²) in [7, 11) is 0.